The molecule has 0 aliphatic carbocycles. The smallest absolute Gasteiger partial charge is 0.328 e. The van der Waals surface area contributed by atoms with E-state index >= 15 is 0 Å². The molecule has 2 aromatic carbocycles. The maximum atomic E-state index is 14.2. The zero-order chi connectivity index (χ0) is 43.8. The van der Waals surface area contributed by atoms with Gasteiger partial charge in [-0.2, -0.15) is 0 Å². The fourth-order valence-electron chi connectivity index (χ4n) is 7.62. The number of amides is 4. The lowest BCUT2D eigenvalue weighted by atomic mass is 9.86. The Bertz CT molecular complexity index is 1770. The van der Waals surface area contributed by atoms with Crippen molar-refractivity contribution >= 4 is 64.3 Å². The fourth-order valence-corrected chi connectivity index (χ4v) is 8.00. The van der Waals surface area contributed by atoms with Gasteiger partial charge >= 0.3 is 11.9 Å². The molecule has 60 heavy (non-hydrogen) atoms. The average molecular weight is 946 g/mol. The third-order valence-corrected chi connectivity index (χ3v) is 11.2. The van der Waals surface area contributed by atoms with Crippen molar-refractivity contribution in [2.75, 3.05) is 26.2 Å². The number of hydrogen-bond acceptors (Lipinski definition) is 11. The largest absolute Gasteiger partial charge is 0.861 e. The van der Waals surface area contributed by atoms with Crippen LogP contribution in [0.25, 0.3) is 0 Å². The quantitative estimate of drug-likeness (QED) is 0.0240. The van der Waals surface area contributed by atoms with Crippen LogP contribution in [0.4, 0.5) is 0 Å². The molecule has 4 amide bonds. The Labute approximate surface area is 364 Å². The molecule has 328 valence electrons. The molecule has 2 aliphatic rings. The van der Waals surface area contributed by atoms with E-state index in [9.17, 15) is 39.0 Å². The van der Waals surface area contributed by atoms with Crippen LogP contribution >= 0.6 is 22.9 Å². The third-order valence-electron chi connectivity index (χ3n) is 10.6. The topological polar surface area (TPSA) is 259 Å². The number of carbonyl (C=O) groups excluding carboxylic acids is 4. The summed E-state index contributed by atoms with van der Waals surface area (Å²) in [6.45, 7) is 5.04. The number of benzene rings is 2. The Morgan fingerprint density at radius 3 is 1.95 bits per heavy atom. The van der Waals surface area contributed by atoms with Gasteiger partial charge in [0.2, 0.25) is 23.6 Å². The van der Waals surface area contributed by atoms with Gasteiger partial charge in [-0.05, 0) is 67.9 Å². The third kappa shape index (κ3) is 15.1. The Kier molecular flexibility index (Phi) is 19.2. The predicted molar refractivity (Wildman–Crippen MR) is 231 cm³/mol. The Morgan fingerprint density at radius 2 is 1.38 bits per heavy atom. The monoisotopic (exact) mass is 945 g/mol. The predicted octanol–water partition coefficient (Wildman–Crippen LogP) is 0.771. The van der Waals surface area contributed by atoms with Crippen LogP contribution in [-0.2, 0) is 41.6 Å². The van der Waals surface area contributed by atoms with Crippen molar-refractivity contribution in [3.8, 4) is 0 Å². The summed E-state index contributed by atoms with van der Waals surface area (Å²) < 4.78 is 3.06. The van der Waals surface area contributed by atoms with Crippen molar-refractivity contribution in [1.82, 2.24) is 29.3 Å². The summed E-state index contributed by atoms with van der Waals surface area (Å²) in [6.07, 6.45) is 2.35. The lowest BCUT2D eigenvalue weighted by molar-refractivity contribution is -0.222. The van der Waals surface area contributed by atoms with Crippen LogP contribution in [0.2, 0.25) is 0 Å². The molecule has 0 radical (unpaired) electrons. The van der Waals surface area contributed by atoms with Gasteiger partial charge in [0, 0.05) is 74.0 Å². The number of likely N-dealkylation sites (tertiary alicyclic amines) is 2. The highest BCUT2D eigenvalue weighted by Gasteiger charge is 2.48. The van der Waals surface area contributed by atoms with Crippen LogP contribution in [-0.4, -0.2) is 130 Å². The van der Waals surface area contributed by atoms with Crippen molar-refractivity contribution < 1.29 is 44.1 Å². The van der Waals surface area contributed by atoms with E-state index in [-0.39, 0.29) is 56.1 Å². The number of halogens is 1. The zero-order valence-electron chi connectivity index (χ0n) is 34.1. The first-order chi connectivity index (χ1) is 28.6. The van der Waals surface area contributed by atoms with E-state index < -0.39 is 72.2 Å². The van der Waals surface area contributed by atoms with Gasteiger partial charge in [0.15, 0.2) is 0 Å². The SMILES string of the molecule is CC(C)CC(NC(=O)C(Cc1ccccc1)NC(=O)C(N)Cc1ccccc1)C(=O)NC(CCCCNI)C(=O)N1C2CC1CN(CC([O-])=NC(CCC(=O)O)C(=O)O)C2. The number of piperazine rings is 1. The van der Waals surface area contributed by atoms with Crippen molar-refractivity contribution in [3.05, 3.63) is 71.8 Å². The molecular formula is C42H58IN8O9-. The number of carboxylic acids is 2. The van der Waals surface area contributed by atoms with E-state index in [0.717, 1.165) is 17.5 Å². The molecule has 17 nitrogen and oxygen atoms in total. The van der Waals surface area contributed by atoms with Crippen LogP contribution in [0.5, 0.6) is 0 Å². The molecule has 2 saturated heterocycles. The minimum Gasteiger partial charge on any atom is -0.861 e. The molecule has 0 aromatic heterocycles. The number of fused-ring (bicyclic) bond motifs is 2. The fraction of sp³-hybridized carbons (Fsp3) is 0.548. The number of carboxylic acid groups (broad SMARTS) is 2. The number of nitrogens with zero attached hydrogens (tertiary/aromatic N) is 3. The van der Waals surface area contributed by atoms with E-state index in [1.54, 1.807) is 9.80 Å². The second-order valence-corrected chi connectivity index (χ2v) is 16.7. The number of nitrogens with two attached hydrogens (primary N) is 1. The summed E-state index contributed by atoms with van der Waals surface area (Å²) in [5.41, 5.74) is 7.96. The summed E-state index contributed by atoms with van der Waals surface area (Å²) in [4.78, 5) is 85.6. The van der Waals surface area contributed by atoms with Crippen LogP contribution in [0.3, 0.4) is 0 Å². The molecule has 2 aromatic rings. The standard InChI is InChI=1S/C42H59IN8O9/c1-26(2)19-34(49-40(57)35(21-28-13-7-4-8-14-28)48-38(55)31(44)20-27-11-5-3-6-12-27)39(56)47-32(15-9-10-18-45-43)41(58)51-29-22-30(51)24-50(23-29)25-36(52)46-33(42(59)60)16-17-37(53)54/h3-8,11-14,26,29-35,45H,9-10,15-25,44H2,1-2H3,(H,46,52)(H,47,56)(H,48,55)(H,49,57)(H,53,54)(H,59,60)/p-1. The average Bonchev–Trinajstić information content (AvgIpc) is 3.20. The Hall–Kier alpha value is -4.66. The van der Waals surface area contributed by atoms with E-state index in [1.807, 2.05) is 97.4 Å². The summed E-state index contributed by atoms with van der Waals surface area (Å²) in [5.74, 6) is -5.13. The van der Waals surface area contributed by atoms with Gasteiger partial charge in [0.1, 0.15) is 24.2 Å². The number of nitrogens with one attached hydrogen (secondary N) is 4. The molecule has 2 bridgehead atoms. The second-order valence-electron chi connectivity index (χ2n) is 16.0. The molecule has 2 fully saturated rings. The first kappa shape index (κ1) is 48.0. The van der Waals surface area contributed by atoms with Crippen LogP contribution in [0.15, 0.2) is 65.7 Å². The highest BCUT2D eigenvalue weighted by molar-refractivity contribution is 14.1. The van der Waals surface area contributed by atoms with Crippen LogP contribution in [0.1, 0.15) is 69.9 Å². The Balaban J connectivity index is 1.45. The van der Waals surface area contributed by atoms with Gasteiger partial charge in [0.25, 0.3) is 0 Å². The summed E-state index contributed by atoms with van der Waals surface area (Å²) in [5, 5.41) is 39.7. The van der Waals surface area contributed by atoms with E-state index in [0.29, 0.717) is 38.9 Å². The Morgan fingerprint density at radius 1 is 0.817 bits per heavy atom. The van der Waals surface area contributed by atoms with Gasteiger partial charge in [-0.1, -0.05) is 74.5 Å². The molecule has 2 heterocycles. The van der Waals surface area contributed by atoms with Gasteiger partial charge in [-0.25, -0.2) is 4.79 Å². The van der Waals surface area contributed by atoms with E-state index in [2.05, 4.69) is 24.5 Å². The number of aliphatic carboxylic acids is 2. The number of piperidine rings is 1. The summed E-state index contributed by atoms with van der Waals surface area (Å²) in [6, 6.07) is 12.7. The lowest BCUT2D eigenvalue weighted by Gasteiger charge is -2.57. The number of carbonyl (C=O) groups is 6. The number of rotatable bonds is 25. The minimum absolute atomic E-state index is 0.0236. The summed E-state index contributed by atoms with van der Waals surface area (Å²) in [7, 11) is 0. The zero-order valence-corrected chi connectivity index (χ0v) is 36.3. The van der Waals surface area contributed by atoms with E-state index in [4.69, 9.17) is 10.8 Å². The number of aliphatic imine (C=N–C) groups is 1. The highest BCUT2D eigenvalue weighted by atomic mass is 127. The van der Waals surface area contributed by atoms with Crippen molar-refractivity contribution in [2.45, 2.75) is 114 Å². The first-order valence-corrected chi connectivity index (χ1v) is 21.5. The minimum atomic E-state index is -1.46. The summed E-state index contributed by atoms with van der Waals surface area (Å²) >= 11 is 2.05. The number of hydrogen-bond donors (Lipinski definition) is 7. The lowest BCUT2D eigenvalue weighted by Crippen LogP contribution is -2.73. The molecular weight excluding hydrogens is 887 g/mol. The van der Waals surface area contributed by atoms with Gasteiger partial charge < -0.3 is 41.9 Å². The molecule has 0 saturated carbocycles. The van der Waals surface area contributed by atoms with Gasteiger partial charge in [-0.15, -0.1) is 0 Å². The molecule has 4 rings (SSSR count). The van der Waals surface area contributed by atoms with Crippen molar-refractivity contribution in [1.29, 1.82) is 0 Å². The maximum Gasteiger partial charge on any atom is 0.328 e. The van der Waals surface area contributed by atoms with Gasteiger partial charge in [0.05, 0.1) is 6.04 Å². The molecule has 18 heteroatoms. The van der Waals surface area contributed by atoms with Crippen LogP contribution < -0.4 is 30.3 Å². The van der Waals surface area contributed by atoms with Crippen molar-refractivity contribution in [3.63, 3.8) is 0 Å². The molecule has 8 N–H and O–H groups in total. The molecule has 7 atom stereocenters. The highest BCUT2D eigenvalue weighted by Crippen LogP contribution is 2.33. The second kappa shape index (κ2) is 24.0. The maximum absolute atomic E-state index is 14.2. The molecule has 0 spiro atoms. The molecule has 2 aliphatic heterocycles. The van der Waals surface area contributed by atoms with E-state index in [1.165, 1.54) is 0 Å². The number of unbranched alkanes of at least 4 members (excludes halogenated alkanes) is 1. The molecule has 7 unspecified atom stereocenters. The van der Waals surface area contributed by atoms with Gasteiger partial charge in [-0.3, -0.25) is 37.4 Å². The normalized spacial score (nSPS) is 18.9. The van der Waals surface area contributed by atoms with Crippen LogP contribution in [0, 0.1) is 5.92 Å². The van der Waals surface area contributed by atoms with Crippen molar-refractivity contribution in [2.24, 2.45) is 16.6 Å². The first-order valence-electron chi connectivity index (χ1n) is 20.5.